The highest BCUT2D eigenvalue weighted by Gasteiger charge is 2.29. The predicted molar refractivity (Wildman–Crippen MR) is 144 cm³/mol. The van der Waals surface area contributed by atoms with E-state index in [-0.39, 0.29) is 43.8 Å². The largest absolute Gasteiger partial charge is 0.497 e. The zero-order chi connectivity index (χ0) is 26.9. The standard InChI is InChI=1S/C26H36ClN3O5S/c1-6-24(26(32)28-19(2)3)29(18-20-9-7-10-23(17-20)35-4)25(31)11-8-16-30(36(5,33)34)22-14-12-21(27)13-15-22/h7,9-10,12-15,17,19,24H,6,8,11,16,18H2,1-5H3,(H,28,32)/t24-/m1/s1. The minimum Gasteiger partial charge on any atom is -0.497 e. The minimum atomic E-state index is -3.57. The van der Waals surface area contributed by atoms with E-state index in [0.717, 1.165) is 11.8 Å². The van der Waals surface area contributed by atoms with E-state index < -0.39 is 16.1 Å². The van der Waals surface area contributed by atoms with Gasteiger partial charge in [-0.1, -0.05) is 30.7 Å². The van der Waals surface area contributed by atoms with Crippen LogP contribution in [0.25, 0.3) is 0 Å². The second-order valence-corrected chi connectivity index (χ2v) is 11.2. The number of hydrogen-bond acceptors (Lipinski definition) is 5. The van der Waals surface area contributed by atoms with Crippen molar-refractivity contribution in [2.75, 3.05) is 24.2 Å². The molecule has 2 rings (SSSR count). The van der Waals surface area contributed by atoms with Crippen LogP contribution in [0.15, 0.2) is 48.5 Å². The Balaban J connectivity index is 2.23. The van der Waals surface area contributed by atoms with E-state index in [1.165, 1.54) is 4.31 Å². The number of nitrogens with one attached hydrogen (secondary N) is 1. The average molecular weight is 538 g/mol. The van der Waals surface area contributed by atoms with Gasteiger partial charge < -0.3 is 15.0 Å². The first-order valence-electron chi connectivity index (χ1n) is 11.9. The van der Waals surface area contributed by atoms with Crippen LogP contribution < -0.4 is 14.4 Å². The topological polar surface area (TPSA) is 96.0 Å². The smallest absolute Gasteiger partial charge is 0.243 e. The SMILES string of the molecule is CC[C@H](C(=O)NC(C)C)N(Cc1cccc(OC)c1)C(=O)CCCN(c1ccc(Cl)cc1)S(C)(=O)=O. The first-order chi connectivity index (χ1) is 17.0. The van der Waals surface area contributed by atoms with Crippen LogP contribution in [0.1, 0.15) is 45.6 Å². The van der Waals surface area contributed by atoms with Crippen LogP contribution in [0.2, 0.25) is 5.02 Å². The van der Waals surface area contributed by atoms with E-state index in [1.807, 2.05) is 45.0 Å². The lowest BCUT2D eigenvalue weighted by Crippen LogP contribution is -2.50. The molecule has 1 atom stereocenters. The average Bonchev–Trinajstić information content (AvgIpc) is 2.81. The van der Waals surface area contributed by atoms with Crippen molar-refractivity contribution in [3.63, 3.8) is 0 Å². The van der Waals surface area contributed by atoms with E-state index >= 15 is 0 Å². The molecule has 0 bridgehead atoms. The van der Waals surface area contributed by atoms with Crippen LogP contribution in [0.3, 0.4) is 0 Å². The van der Waals surface area contributed by atoms with Gasteiger partial charge in [0.2, 0.25) is 21.8 Å². The lowest BCUT2D eigenvalue weighted by Gasteiger charge is -2.31. The molecule has 1 N–H and O–H groups in total. The van der Waals surface area contributed by atoms with Crippen molar-refractivity contribution >= 4 is 39.1 Å². The molecule has 2 aromatic rings. The van der Waals surface area contributed by atoms with Gasteiger partial charge in [-0.2, -0.15) is 0 Å². The molecule has 36 heavy (non-hydrogen) atoms. The van der Waals surface area contributed by atoms with Crippen molar-refractivity contribution in [1.82, 2.24) is 10.2 Å². The maximum atomic E-state index is 13.4. The van der Waals surface area contributed by atoms with Gasteiger partial charge in [0, 0.05) is 30.6 Å². The molecule has 0 radical (unpaired) electrons. The Kier molecular flexibility index (Phi) is 11.0. The van der Waals surface area contributed by atoms with Crippen LogP contribution in [-0.2, 0) is 26.2 Å². The summed E-state index contributed by atoms with van der Waals surface area (Å²) in [6, 6.07) is 13.1. The number of nitrogens with zero attached hydrogens (tertiary/aromatic N) is 2. The number of anilines is 1. The van der Waals surface area contributed by atoms with Crippen molar-refractivity contribution in [2.24, 2.45) is 0 Å². The van der Waals surface area contributed by atoms with Crippen LogP contribution in [-0.4, -0.2) is 57.1 Å². The molecule has 8 nitrogen and oxygen atoms in total. The number of carbonyl (C=O) groups excluding carboxylic acids is 2. The van der Waals surface area contributed by atoms with Crippen molar-refractivity contribution in [2.45, 2.75) is 58.7 Å². The van der Waals surface area contributed by atoms with Crippen molar-refractivity contribution < 1.29 is 22.7 Å². The quantitative estimate of drug-likeness (QED) is 0.412. The number of rotatable bonds is 13. The number of sulfonamides is 1. The summed E-state index contributed by atoms with van der Waals surface area (Å²) in [5, 5.41) is 3.40. The van der Waals surface area contributed by atoms with Gasteiger partial charge >= 0.3 is 0 Å². The molecule has 2 aromatic carbocycles. The highest BCUT2D eigenvalue weighted by Crippen LogP contribution is 2.22. The summed E-state index contributed by atoms with van der Waals surface area (Å²) in [5.41, 5.74) is 1.31. The number of hydrogen-bond donors (Lipinski definition) is 1. The van der Waals surface area contributed by atoms with Gasteiger partial charge in [-0.15, -0.1) is 0 Å². The van der Waals surface area contributed by atoms with E-state index in [4.69, 9.17) is 16.3 Å². The Morgan fingerprint density at radius 1 is 1.11 bits per heavy atom. The molecule has 0 aliphatic carbocycles. The van der Waals surface area contributed by atoms with E-state index in [0.29, 0.717) is 22.9 Å². The molecular weight excluding hydrogens is 502 g/mol. The molecule has 0 aromatic heterocycles. The summed E-state index contributed by atoms with van der Waals surface area (Å²) >= 11 is 5.94. The number of halogens is 1. The lowest BCUT2D eigenvalue weighted by molar-refractivity contribution is -0.141. The second kappa shape index (κ2) is 13.5. The van der Waals surface area contributed by atoms with Gasteiger partial charge in [-0.25, -0.2) is 8.42 Å². The molecule has 0 saturated heterocycles. The maximum absolute atomic E-state index is 13.4. The van der Waals surface area contributed by atoms with E-state index in [1.54, 1.807) is 36.3 Å². The summed E-state index contributed by atoms with van der Waals surface area (Å²) in [5.74, 6) is 0.210. The molecule has 0 aliphatic rings. The molecule has 0 unspecified atom stereocenters. The maximum Gasteiger partial charge on any atom is 0.243 e. The molecule has 0 spiro atoms. The van der Waals surface area contributed by atoms with E-state index in [2.05, 4.69) is 5.32 Å². The normalized spacial score (nSPS) is 12.2. The summed E-state index contributed by atoms with van der Waals surface area (Å²) in [6.07, 6.45) is 1.93. The number of methoxy groups -OCH3 is 1. The van der Waals surface area contributed by atoms with Crippen LogP contribution in [0.4, 0.5) is 5.69 Å². The van der Waals surface area contributed by atoms with Gasteiger partial charge in [0.15, 0.2) is 0 Å². The van der Waals surface area contributed by atoms with E-state index in [9.17, 15) is 18.0 Å². The number of benzene rings is 2. The van der Waals surface area contributed by atoms with Gasteiger partial charge in [-0.05, 0) is 68.7 Å². The number of ether oxygens (including phenoxy) is 1. The molecule has 198 valence electrons. The summed E-state index contributed by atoms with van der Waals surface area (Å²) < 4.78 is 31.4. The highest BCUT2D eigenvalue weighted by atomic mass is 35.5. The summed E-state index contributed by atoms with van der Waals surface area (Å²) in [6.45, 7) is 5.95. The Morgan fingerprint density at radius 2 is 1.78 bits per heavy atom. The fourth-order valence-electron chi connectivity index (χ4n) is 3.88. The molecule has 0 saturated carbocycles. The monoisotopic (exact) mass is 537 g/mol. The molecule has 0 fully saturated rings. The first kappa shape index (κ1) is 29.5. The molecule has 10 heteroatoms. The van der Waals surface area contributed by atoms with Crippen molar-refractivity contribution in [3.8, 4) is 5.75 Å². The third-order valence-corrected chi connectivity index (χ3v) is 7.02. The minimum absolute atomic E-state index is 0.0667. The summed E-state index contributed by atoms with van der Waals surface area (Å²) in [4.78, 5) is 27.9. The fourth-order valence-corrected chi connectivity index (χ4v) is 4.97. The predicted octanol–water partition coefficient (Wildman–Crippen LogP) is 4.23. The Hall–Kier alpha value is -2.78. The van der Waals surface area contributed by atoms with Crippen molar-refractivity contribution in [3.05, 3.63) is 59.1 Å². The molecule has 0 aliphatic heterocycles. The first-order valence-corrected chi connectivity index (χ1v) is 14.1. The Labute approximate surface area is 219 Å². The molecule has 0 heterocycles. The number of amides is 2. The third-order valence-electron chi connectivity index (χ3n) is 5.57. The van der Waals surface area contributed by atoms with Crippen LogP contribution in [0, 0.1) is 0 Å². The highest BCUT2D eigenvalue weighted by molar-refractivity contribution is 7.92. The van der Waals surface area contributed by atoms with Crippen molar-refractivity contribution in [1.29, 1.82) is 0 Å². The van der Waals surface area contributed by atoms with Crippen LogP contribution >= 0.6 is 11.6 Å². The van der Waals surface area contributed by atoms with Gasteiger partial charge in [0.25, 0.3) is 0 Å². The lowest BCUT2D eigenvalue weighted by atomic mass is 10.1. The summed E-state index contributed by atoms with van der Waals surface area (Å²) in [7, 11) is -2.00. The Morgan fingerprint density at radius 3 is 2.33 bits per heavy atom. The van der Waals surface area contributed by atoms with Gasteiger partial charge in [0.05, 0.1) is 19.1 Å². The second-order valence-electron chi connectivity index (χ2n) is 8.88. The number of carbonyl (C=O) groups is 2. The third kappa shape index (κ3) is 8.71. The van der Waals surface area contributed by atoms with Crippen LogP contribution in [0.5, 0.6) is 5.75 Å². The van der Waals surface area contributed by atoms with Gasteiger partial charge in [-0.3, -0.25) is 13.9 Å². The fraction of sp³-hybridized carbons (Fsp3) is 0.462. The Bertz CT molecular complexity index is 1120. The van der Waals surface area contributed by atoms with Gasteiger partial charge in [0.1, 0.15) is 11.8 Å². The zero-order valence-corrected chi connectivity index (χ0v) is 23.1. The zero-order valence-electron chi connectivity index (χ0n) is 21.5. The molecule has 2 amide bonds. The molecular formula is C26H36ClN3O5S.